The van der Waals surface area contributed by atoms with Gasteiger partial charge in [0.2, 0.25) is 0 Å². The van der Waals surface area contributed by atoms with Crippen molar-refractivity contribution in [1.29, 1.82) is 0 Å². The molecule has 2 rings (SSSR count). The quantitative estimate of drug-likeness (QED) is 0.899. The van der Waals surface area contributed by atoms with Crippen LogP contribution in [0.15, 0.2) is 18.2 Å². The highest BCUT2D eigenvalue weighted by molar-refractivity contribution is 6.33. The molecule has 1 unspecified atom stereocenters. The smallest absolute Gasteiger partial charge is 0.0642 e. The summed E-state index contributed by atoms with van der Waals surface area (Å²) in [6.45, 7) is 3.82. The predicted octanol–water partition coefficient (Wildman–Crippen LogP) is 2.92. The molecule has 0 saturated carbocycles. The molecule has 1 aromatic rings. The van der Waals surface area contributed by atoms with Gasteiger partial charge in [0.05, 0.1) is 17.3 Å². The van der Waals surface area contributed by atoms with Crippen LogP contribution in [0.4, 0.5) is 5.69 Å². The van der Waals surface area contributed by atoms with Crippen LogP contribution in [0.1, 0.15) is 18.4 Å². The number of benzene rings is 1. The van der Waals surface area contributed by atoms with Crippen molar-refractivity contribution in [3.63, 3.8) is 0 Å². The summed E-state index contributed by atoms with van der Waals surface area (Å²) in [5.74, 6) is 0.617. The number of hydrogen-bond acceptors (Lipinski definition) is 3. The van der Waals surface area contributed by atoms with Gasteiger partial charge in [0.1, 0.15) is 0 Å². The standard InChI is InChI=1S/C15H23ClN2O/c1-17-9-12-5-6-15(14(16)8-12)18-7-3-4-13(10-18)11-19-2/h5-6,8,13,17H,3-4,7,9-11H2,1-2H3. The maximum Gasteiger partial charge on any atom is 0.0642 e. The minimum atomic E-state index is 0.617. The van der Waals surface area contributed by atoms with Crippen molar-refractivity contribution in [2.24, 2.45) is 5.92 Å². The average Bonchev–Trinajstić information content (AvgIpc) is 2.40. The van der Waals surface area contributed by atoms with Gasteiger partial charge in [-0.15, -0.1) is 0 Å². The van der Waals surface area contributed by atoms with Crippen LogP contribution in [0.2, 0.25) is 5.02 Å². The molecule has 1 aliphatic rings. The molecule has 0 aromatic heterocycles. The van der Waals surface area contributed by atoms with E-state index in [2.05, 4.69) is 28.4 Å². The van der Waals surface area contributed by atoms with Crippen molar-refractivity contribution in [3.8, 4) is 0 Å². The highest BCUT2D eigenvalue weighted by atomic mass is 35.5. The Labute approximate surface area is 120 Å². The monoisotopic (exact) mass is 282 g/mol. The summed E-state index contributed by atoms with van der Waals surface area (Å²) >= 11 is 6.42. The lowest BCUT2D eigenvalue weighted by Gasteiger charge is -2.34. The molecule has 106 valence electrons. The summed E-state index contributed by atoms with van der Waals surface area (Å²) < 4.78 is 5.28. The third kappa shape index (κ3) is 3.85. The summed E-state index contributed by atoms with van der Waals surface area (Å²) in [7, 11) is 3.72. The number of methoxy groups -OCH3 is 1. The van der Waals surface area contributed by atoms with E-state index in [1.807, 2.05) is 7.05 Å². The molecule has 0 spiro atoms. The van der Waals surface area contributed by atoms with Gasteiger partial charge in [-0.25, -0.2) is 0 Å². The van der Waals surface area contributed by atoms with E-state index in [1.165, 1.54) is 18.4 Å². The molecular weight excluding hydrogens is 260 g/mol. The number of anilines is 1. The van der Waals surface area contributed by atoms with Gasteiger partial charge in [0, 0.05) is 26.7 Å². The maximum atomic E-state index is 6.42. The van der Waals surface area contributed by atoms with E-state index in [9.17, 15) is 0 Å². The lowest BCUT2D eigenvalue weighted by molar-refractivity contribution is 0.143. The summed E-state index contributed by atoms with van der Waals surface area (Å²) in [6, 6.07) is 6.36. The SMILES string of the molecule is CNCc1ccc(N2CCCC(COC)C2)c(Cl)c1. The topological polar surface area (TPSA) is 24.5 Å². The van der Waals surface area contributed by atoms with Crippen molar-refractivity contribution in [2.45, 2.75) is 19.4 Å². The van der Waals surface area contributed by atoms with Gasteiger partial charge in [-0.05, 0) is 43.5 Å². The summed E-state index contributed by atoms with van der Waals surface area (Å²) in [6.07, 6.45) is 2.46. The van der Waals surface area contributed by atoms with Gasteiger partial charge < -0.3 is 15.0 Å². The molecule has 0 radical (unpaired) electrons. The Morgan fingerprint density at radius 3 is 3.00 bits per heavy atom. The summed E-state index contributed by atoms with van der Waals surface area (Å²) in [4.78, 5) is 2.39. The second kappa shape index (κ2) is 7.13. The Balaban J connectivity index is 2.08. The fourth-order valence-corrected chi connectivity index (χ4v) is 3.10. The molecule has 19 heavy (non-hydrogen) atoms. The van der Waals surface area contributed by atoms with E-state index in [0.717, 1.165) is 37.0 Å². The lowest BCUT2D eigenvalue weighted by atomic mass is 9.98. The zero-order valence-electron chi connectivity index (χ0n) is 11.8. The molecule has 0 aliphatic carbocycles. The van der Waals surface area contributed by atoms with Crippen molar-refractivity contribution >= 4 is 17.3 Å². The molecule has 1 fully saturated rings. The van der Waals surface area contributed by atoms with Crippen LogP contribution in [0.5, 0.6) is 0 Å². The molecule has 1 aliphatic heterocycles. The van der Waals surface area contributed by atoms with E-state index < -0.39 is 0 Å². The molecule has 1 aromatic carbocycles. The summed E-state index contributed by atoms with van der Waals surface area (Å²) in [5.41, 5.74) is 2.38. The number of ether oxygens (including phenoxy) is 1. The number of hydrogen-bond donors (Lipinski definition) is 1. The first-order valence-electron chi connectivity index (χ1n) is 6.91. The van der Waals surface area contributed by atoms with Crippen LogP contribution < -0.4 is 10.2 Å². The normalized spacial score (nSPS) is 19.7. The van der Waals surface area contributed by atoms with E-state index in [0.29, 0.717) is 5.92 Å². The first-order valence-corrected chi connectivity index (χ1v) is 7.29. The van der Waals surface area contributed by atoms with Gasteiger partial charge in [0.25, 0.3) is 0 Å². The van der Waals surface area contributed by atoms with Gasteiger partial charge in [0.15, 0.2) is 0 Å². The van der Waals surface area contributed by atoms with E-state index >= 15 is 0 Å². The molecule has 1 atom stereocenters. The highest BCUT2D eigenvalue weighted by Gasteiger charge is 2.21. The first kappa shape index (κ1) is 14.6. The maximum absolute atomic E-state index is 6.42. The fourth-order valence-electron chi connectivity index (χ4n) is 2.78. The Bertz CT molecular complexity index is 409. The molecule has 1 heterocycles. The Hall–Kier alpha value is -0.770. The zero-order chi connectivity index (χ0) is 13.7. The van der Waals surface area contributed by atoms with Gasteiger partial charge in [-0.2, -0.15) is 0 Å². The van der Waals surface area contributed by atoms with Crippen molar-refractivity contribution in [2.75, 3.05) is 38.8 Å². The first-order chi connectivity index (χ1) is 9.24. The molecule has 1 N–H and O–H groups in total. The van der Waals surface area contributed by atoms with Crippen molar-refractivity contribution < 1.29 is 4.74 Å². The summed E-state index contributed by atoms with van der Waals surface area (Å²) in [5, 5.41) is 4.00. The number of nitrogens with zero attached hydrogens (tertiary/aromatic N) is 1. The molecule has 0 amide bonds. The minimum absolute atomic E-state index is 0.617. The third-order valence-corrected chi connectivity index (χ3v) is 3.96. The third-order valence-electron chi connectivity index (χ3n) is 3.66. The molecular formula is C15H23ClN2O. The highest BCUT2D eigenvalue weighted by Crippen LogP contribution is 2.30. The largest absolute Gasteiger partial charge is 0.384 e. The Morgan fingerprint density at radius 2 is 2.32 bits per heavy atom. The lowest BCUT2D eigenvalue weighted by Crippen LogP contribution is -2.37. The second-order valence-electron chi connectivity index (χ2n) is 5.23. The van der Waals surface area contributed by atoms with E-state index in [-0.39, 0.29) is 0 Å². The van der Waals surface area contributed by atoms with E-state index in [4.69, 9.17) is 16.3 Å². The van der Waals surface area contributed by atoms with Gasteiger partial charge in [-0.3, -0.25) is 0 Å². The van der Waals surface area contributed by atoms with Crippen molar-refractivity contribution in [3.05, 3.63) is 28.8 Å². The number of halogens is 1. The van der Waals surface area contributed by atoms with Gasteiger partial charge in [-0.1, -0.05) is 17.7 Å². The van der Waals surface area contributed by atoms with Crippen molar-refractivity contribution in [1.82, 2.24) is 5.32 Å². The van der Waals surface area contributed by atoms with Crippen LogP contribution >= 0.6 is 11.6 Å². The predicted molar refractivity (Wildman–Crippen MR) is 81.0 cm³/mol. The van der Waals surface area contributed by atoms with Gasteiger partial charge >= 0.3 is 0 Å². The Kier molecular flexibility index (Phi) is 5.49. The average molecular weight is 283 g/mol. The molecule has 1 saturated heterocycles. The van der Waals surface area contributed by atoms with Crippen LogP contribution in [-0.4, -0.2) is 33.9 Å². The zero-order valence-corrected chi connectivity index (χ0v) is 12.5. The van der Waals surface area contributed by atoms with Crippen LogP contribution in [0, 0.1) is 5.92 Å². The number of piperidine rings is 1. The molecule has 4 heteroatoms. The van der Waals surface area contributed by atoms with Crippen LogP contribution in [0.3, 0.4) is 0 Å². The Morgan fingerprint density at radius 1 is 1.47 bits per heavy atom. The molecule has 0 bridgehead atoms. The number of nitrogens with one attached hydrogen (secondary N) is 1. The van der Waals surface area contributed by atoms with Crippen LogP contribution in [0.25, 0.3) is 0 Å². The minimum Gasteiger partial charge on any atom is -0.384 e. The number of rotatable bonds is 5. The second-order valence-corrected chi connectivity index (χ2v) is 5.63. The van der Waals surface area contributed by atoms with Crippen LogP contribution in [-0.2, 0) is 11.3 Å². The molecule has 3 nitrogen and oxygen atoms in total. The fraction of sp³-hybridized carbons (Fsp3) is 0.600. The van der Waals surface area contributed by atoms with E-state index in [1.54, 1.807) is 7.11 Å².